The van der Waals surface area contributed by atoms with E-state index in [1.54, 1.807) is 0 Å². The van der Waals surface area contributed by atoms with E-state index >= 15 is 0 Å². The van der Waals surface area contributed by atoms with Gasteiger partial charge in [-0.25, -0.2) is 4.98 Å². The Bertz CT molecular complexity index is 3850. The van der Waals surface area contributed by atoms with Gasteiger partial charge in [0.2, 0.25) is 5.95 Å². The van der Waals surface area contributed by atoms with Crippen molar-refractivity contribution in [2.75, 3.05) is 0 Å². The van der Waals surface area contributed by atoms with Crippen molar-refractivity contribution in [3.05, 3.63) is 261 Å². The summed E-state index contributed by atoms with van der Waals surface area (Å²) in [7, 11) is -2.99. The number of benzene rings is 10. The molecule has 0 aliphatic carbocycles. The van der Waals surface area contributed by atoms with E-state index in [9.17, 15) is 0 Å². The summed E-state index contributed by atoms with van der Waals surface area (Å²) >= 11 is 0. The fourth-order valence-corrected chi connectivity index (χ4v) is 15.8. The molecule has 0 unspecified atom stereocenters. The van der Waals surface area contributed by atoms with Crippen LogP contribution in [0, 0.1) is 0 Å². The Morgan fingerprint density at radius 3 is 1.33 bits per heavy atom. The van der Waals surface area contributed by atoms with E-state index in [-0.39, 0.29) is 0 Å². The molecule has 10 aromatic carbocycles. The van der Waals surface area contributed by atoms with Crippen LogP contribution < -0.4 is 20.7 Å². The van der Waals surface area contributed by atoms with Gasteiger partial charge in [0, 0.05) is 43.9 Å². The number of hydrogen-bond acceptors (Lipinski definition) is 3. The summed E-state index contributed by atoms with van der Waals surface area (Å²) in [5.41, 5.74) is 9.65. The fourth-order valence-electron chi connectivity index (χ4n) is 10.9. The number of para-hydroxylation sites is 4. The Balaban J connectivity index is 1.12. The first-order valence-electron chi connectivity index (χ1n) is 23.5. The Morgan fingerprint density at radius 2 is 0.739 bits per heavy atom. The van der Waals surface area contributed by atoms with E-state index in [1.807, 2.05) is 36.4 Å². The molecule has 0 N–H and O–H groups in total. The minimum atomic E-state index is -2.99. The minimum absolute atomic E-state index is 0.566. The second-order valence-electron chi connectivity index (χ2n) is 17.5. The van der Waals surface area contributed by atoms with Crippen molar-refractivity contribution in [3.63, 3.8) is 0 Å². The fraction of sp³-hybridized carbons (Fsp3) is 0. The molecule has 6 heteroatoms. The SMILES string of the molecule is c1ccc(-c2nc(-c3ccccc3)nc(-n3c4ccccc4c4c(-c5cccc6c7ccccc7n(-c7ccccc7[Si](c7ccccc7)(c7ccccc7)c7ccccc7)c56)cccc43)n2)cc1. The van der Waals surface area contributed by atoms with E-state index in [0.29, 0.717) is 17.6 Å². The van der Waals surface area contributed by atoms with Gasteiger partial charge < -0.3 is 4.57 Å². The molecule has 3 aromatic heterocycles. The first-order chi connectivity index (χ1) is 34.3. The highest BCUT2D eigenvalue weighted by Gasteiger charge is 2.43. The highest BCUT2D eigenvalue weighted by atomic mass is 28.3. The summed E-state index contributed by atoms with van der Waals surface area (Å²) in [6.07, 6.45) is 0. The van der Waals surface area contributed by atoms with Gasteiger partial charge in [-0.05, 0) is 50.6 Å². The standard InChI is InChI=1S/C63H43N5Si/c1-6-24-44(25-7-1)61-64-62(45-26-8-2-9-27-45)66-63(65-61)68-55-40-19-17-35-53(55)59-50(36-23-42-57(59)68)52-38-22-37-51-49-34-16-18-39-54(49)67(60(51)52)56-41-20-21-43-58(56)69(46-28-10-3-11-29-46,47-30-12-4-13-31-47)48-32-14-5-15-33-48/h1-43H. The first kappa shape index (κ1) is 40.3. The lowest BCUT2D eigenvalue weighted by atomic mass is 9.97. The lowest BCUT2D eigenvalue weighted by Gasteiger charge is -2.36. The molecule has 0 atom stereocenters. The monoisotopic (exact) mass is 897 g/mol. The first-order valence-corrected chi connectivity index (χ1v) is 25.5. The highest BCUT2D eigenvalue weighted by Crippen LogP contribution is 2.43. The number of nitrogens with zero attached hydrogens (tertiary/aromatic N) is 5. The van der Waals surface area contributed by atoms with E-state index in [2.05, 4.69) is 234 Å². The van der Waals surface area contributed by atoms with Crippen LogP contribution in [-0.4, -0.2) is 32.2 Å². The van der Waals surface area contributed by atoms with Crippen LogP contribution in [0.3, 0.4) is 0 Å². The summed E-state index contributed by atoms with van der Waals surface area (Å²) in [6.45, 7) is 0. The molecular weight excluding hydrogens is 855 g/mol. The van der Waals surface area contributed by atoms with Crippen LogP contribution in [0.2, 0.25) is 0 Å². The largest absolute Gasteiger partial charge is 0.309 e. The van der Waals surface area contributed by atoms with Crippen LogP contribution in [0.1, 0.15) is 0 Å². The zero-order valence-electron chi connectivity index (χ0n) is 37.6. The van der Waals surface area contributed by atoms with E-state index in [1.165, 1.54) is 37.2 Å². The van der Waals surface area contributed by atoms with E-state index in [0.717, 1.165) is 55.1 Å². The Labute approximate surface area is 400 Å². The normalized spacial score (nSPS) is 11.8. The van der Waals surface area contributed by atoms with Crippen molar-refractivity contribution >= 4 is 72.4 Å². The van der Waals surface area contributed by atoms with E-state index < -0.39 is 8.07 Å². The van der Waals surface area contributed by atoms with E-state index in [4.69, 9.17) is 15.0 Å². The molecule has 3 heterocycles. The van der Waals surface area contributed by atoms with Crippen LogP contribution in [0.15, 0.2) is 261 Å². The molecule has 0 aliphatic heterocycles. The average molecular weight is 898 g/mol. The van der Waals surface area contributed by atoms with Crippen molar-refractivity contribution in [3.8, 4) is 45.5 Å². The smallest absolute Gasteiger partial charge is 0.238 e. The Morgan fingerprint density at radius 1 is 0.304 bits per heavy atom. The summed E-state index contributed by atoms with van der Waals surface area (Å²) in [6, 6.07) is 94.2. The summed E-state index contributed by atoms with van der Waals surface area (Å²) in [4.78, 5) is 15.6. The molecule has 0 aliphatic rings. The van der Waals surface area contributed by atoms with Crippen LogP contribution >= 0.6 is 0 Å². The quantitative estimate of drug-likeness (QED) is 0.107. The zero-order chi connectivity index (χ0) is 45.7. The second-order valence-corrected chi connectivity index (χ2v) is 21.3. The van der Waals surface area contributed by atoms with Crippen LogP contribution in [0.25, 0.3) is 89.2 Å². The molecule has 0 bridgehead atoms. The van der Waals surface area contributed by atoms with Gasteiger partial charge in [-0.2, -0.15) is 9.97 Å². The summed E-state index contributed by atoms with van der Waals surface area (Å²) in [5, 5.41) is 9.97. The van der Waals surface area contributed by atoms with Gasteiger partial charge in [-0.3, -0.25) is 4.57 Å². The van der Waals surface area contributed by atoms with Gasteiger partial charge in [0.15, 0.2) is 19.7 Å². The molecule has 0 amide bonds. The molecule has 5 nitrogen and oxygen atoms in total. The number of fused-ring (bicyclic) bond motifs is 6. The maximum absolute atomic E-state index is 5.25. The van der Waals surface area contributed by atoms with Crippen LogP contribution in [0.4, 0.5) is 0 Å². The number of rotatable bonds is 9. The molecular formula is C63H43N5Si. The second kappa shape index (κ2) is 16.7. The number of hydrogen-bond donors (Lipinski definition) is 0. The van der Waals surface area contributed by atoms with Gasteiger partial charge in [-0.15, -0.1) is 0 Å². The third-order valence-electron chi connectivity index (χ3n) is 13.7. The topological polar surface area (TPSA) is 48.5 Å². The van der Waals surface area contributed by atoms with Crippen LogP contribution in [0.5, 0.6) is 0 Å². The predicted molar refractivity (Wildman–Crippen MR) is 288 cm³/mol. The number of aromatic nitrogens is 5. The molecule has 0 saturated heterocycles. The van der Waals surface area contributed by atoms with Crippen molar-refractivity contribution in [2.45, 2.75) is 0 Å². The minimum Gasteiger partial charge on any atom is -0.309 e. The molecule has 0 spiro atoms. The molecule has 0 saturated carbocycles. The van der Waals surface area contributed by atoms with Gasteiger partial charge in [0.1, 0.15) is 0 Å². The maximum atomic E-state index is 5.25. The highest BCUT2D eigenvalue weighted by molar-refractivity contribution is 7.20. The third-order valence-corrected chi connectivity index (χ3v) is 18.6. The molecule has 13 aromatic rings. The van der Waals surface area contributed by atoms with Gasteiger partial charge in [-0.1, -0.05) is 237 Å². The molecule has 0 radical (unpaired) electrons. The van der Waals surface area contributed by atoms with Gasteiger partial charge in [0.05, 0.1) is 22.1 Å². The summed E-state index contributed by atoms with van der Waals surface area (Å²) in [5.74, 6) is 1.81. The maximum Gasteiger partial charge on any atom is 0.238 e. The van der Waals surface area contributed by atoms with Crippen molar-refractivity contribution in [1.82, 2.24) is 24.1 Å². The lowest BCUT2D eigenvalue weighted by Crippen LogP contribution is -2.75. The van der Waals surface area contributed by atoms with Crippen LogP contribution in [-0.2, 0) is 0 Å². The van der Waals surface area contributed by atoms with Crippen molar-refractivity contribution in [1.29, 1.82) is 0 Å². The Kier molecular flexibility index (Phi) is 9.77. The van der Waals surface area contributed by atoms with Gasteiger partial charge >= 0.3 is 0 Å². The molecule has 69 heavy (non-hydrogen) atoms. The molecule has 0 fully saturated rings. The van der Waals surface area contributed by atoms with Crippen molar-refractivity contribution < 1.29 is 0 Å². The average Bonchev–Trinajstić information content (AvgIpc) is 3.96. The lowest BCUT2D eigenvalue weighted by molar-refractivity contribution is 0.953. The summed E-state index contributed by atoms with van der Waals surface area (Å²) < 4.78 is 4.79. The zero-order valence-corrected chi connectivity index (χ0v) is 38.6. The molecule has 324 valence electrons. The molecule has 13 rings (SSSR count). The third kappa shape index (κ3) is 6.49. The van der Waals surface area contributed by atoms with Crippen molar-refractivity contribution in [2.24, 2.45) is 0 Å². The van der Waals surface area contributed by atoms with Gasteiger partial charge in [0.25, 0.3) is 0 Å². The Hall–Kier alpha value is -8.97. The predicted octanol–water partition coefficient (Wildman–Crippen LogP) is 12.4.